The van der Waals surface area contributed by atoms with E-state index >= 15 is 0 Å². The number of aromatic nitrogens is 2. The topological polar surface area (TPSA) is 110 Å². The Morgan fingerprint density at radius 2 is 1.96 bits per heavy atom. The van der Waals surface area contributed by atoms with Gasteiger partial charge in [-0.05, 0) is 24.3 Å². The van der Waals surface area contributed by atoms with Crippen molar-refractivity contribution in [2.45, 2.75) is 4.34 Å². The summed E-state index contributed by atoms with van der Waals surface area (Å²) in [6, 6.07) is 8.95. The lowest BCUT2D eigenvalue weighted by Crippen LogP contribution is -2.15. The molecule has 0 spiro atoms. The van der Waals surface area contributed by atoms with Gasteiger partial charge in [-0.3, -0.25) is 14.9 Å². The number of hydrogen-bond donors (Lipinski definition) is 2. The Bertz CT molecular complexity index is 1030. The number of carbonyl (C=O) groups is 1. The number of para-hydroxylation sites is 1. The molecule has 0 aliphatic rings. The van der Waals surface area contributed by atoms with Gasteiger partial charge in [-0.1, -0.05) is 35.2 Å². The molecule has 0 aliphatic heterocycles. The third-order valence-electron chi connectivity index (χ3n) is 3.28. The molecule has 0 aliphatic carbocycles. The molecule has 0 radical (unpaired) electrons. The second-order valence-electron chi connectivity index (χ2n) is 5.23. The average Bonchev–Trinajstić information content (AvgIpc) is 3.11. The number of rotatable bonds is 7. The Morgan fingerprint density at radius 1 is 1.18 bits per heavy atom. The number of nitrogens with one attached hydrogen (secondary N) is 2. The van der Waals surface area contributed by atoms with Crippen LogP contribution < -0.4 is 10.6 Å². The number of halogens is 2. The van der Waals surface area contributed by atoms with Crippen molar-refractivity contribution < 1.29 is 18.5 Å². The van der Waals surface area contributed by atoms with Gasteiger partial charge in [0.1, 0.15) is 17.3 Å². The summed E-state index contributed by atoms with van der Waals surface area (Å²) in [4.78, 5) is 22.2. The zero-order chi connectivity index (χ0) is 20.1. The molecular weight excluding hydrogens is 412 g/mol. The van der Waals surface area contributed by atoms with E-state index in [4.69, 9.17) is 0 Å². The smallest absolute Gasteiger partial charge is 0.295 e. The van der Waals surface area contributed by atoms with Crippen LogP contribution in [0.1, 0.15) is 0 Å². The minimum atomic E-state index is -0.781. The number of nitro groups is 1. The molecule has 1 aromatic heterocycles. The van der Waals surface area contributed by atoms with Crippen LogP contribution in [0.5, 0.6) is 0 Å². The molecule has 0 fully saturated rings. The number of hydrogen-bond acceptors (Lipinski definition) is 8. The van der Waals surface area contributed by atoms with Crippen LogP contribution in [0.15, 0.2) is 46.8 Å². The number of nitrogens with zero attached hydrogens (tertiary/aromatic N) is 3. The molecule has 1 amide bonds. The van der Waals surface area contributed by atoms with E-state index < -0.39 is 28.2 Å². The Morgan fingerprint density at radius 3 is 2.71 bits per heavy atom. The molecule has 0 unspecified atom stereocenters. The number of thioether (sulfide) groups is 1. The van der Waals surface area contributed by atoms with E-state index in [0.29, 0.717) is 9.47 Å². The first-order valence-corrected chi connectivity index (χ1v) is 9.44. The van der Waals surface area contributed by atoms with Crippen LogP contribution in [0.4, 0.5) is 31.0 Å². The van der Waals surface area contributed by atoms with Crippen LogP contribution in [-0.4, -0.2) is 26.8 Å². The van der Waals surface area contributed by atoms with E-state index in [1.807, 2.05) is 0 Å². The summed E-state index contributed by atoms with van der Waals surface area (Å²) in [5.74, 6) is -1.84. The monoisotopic (exact) mass is 423 g/mol. The van der Waals surface area contributed by atoms with Crippen LogP contribution in [-0.2, 0) is 4.79 Å². The van der Waals surface area contributed by atoms with Crippen molar-refractivity contribution in [3.05, 3.63) is 64.2 Å². The van der Waals surface area contributed by atoms with Gasteiger partial charge in [0.15, 0.2) is 4.34 Å². The maximum atomic E-state index is 13.6. The SMILES string of the molecule is O=C(CSc1nnc(Nc2ccccc2F)s1)Nc1ccc(F)cc1[N+](=O)[O-]. The minimum Gasteiger partial charge on any atom is -0.328 e. The molecule has 144 valence electrons. The van der Waals surface area contributed by atoms with Crippen molar-refractivity contribution >= 4 is 51.2 Å². The molecule has 0 atom stereocenters. The van der Waals surface area contributed by atoms with Crippen LogP contribution in [0, 0.1) is 21.7 Å². The third-order valence-corrected chi connectivity index (χ3v) is 5.25. The van der Waals surface area contributed by atoms with Gasteiger partial charge >= 0.3 is 0 Å². The predicted molar refractivity (Wildman–Crippen MR) is 102 cm³/mol. The van der Waals surface area contributed by atoms with Crippen molar-refractivity contribution in [2.24, 2.45) is 0 Å². The summed E-state index contributed by atoms with van der Waals surface area (Å²) in [5, 5.41) is 24.2. The number of anilines is 3. The first-order chi connectivity index (χ1) is 13.4. The van der Waals surface area contributed by atoms with E-state index in [2.05, 4.69) is 20.8 Å². The summed E-state index contributed by atoms with van der Waals surface area (Å²) in [7, 11) is 0. The second-order valence-corrected chi connectivity index (χ2v) is 7.43. The molecule has 3 rings (SSSR count). The number of benzene rings is 2. The lowest BCUT2D eigenvalue weighted by molar-refractivity contribution is -0.384. The van der Waals surface area contributed by atoms with Crippen molar-refractivity contribution in [1.29, 1.82) is 0 Å². The highest BCUT2D eigenvalue weighted by Crippen LogP contribution is 2.29. The highest BCUT2D eigenvalue weighted by Gasteiger charge is 2.17. The van der Waals surface area contributed by atoms with Gasteiger partial charge in [0.25, 0.3) is 5.69 Å². The van der Waals surface area contributed by atoms with E-state index in [1.54, 1.807) is 18.2 Å². The highest BCUT2D eigenvalue weighted by atomic mass is 32.2. The van der Waals surface area contributed by atoms with Crippen molar-refractivity contribution in [3.8, 4) is 0 Å². The maximum absolute atomic E-state index is 13.6. The lowest BCUT2D eigenvalue weighted by Gasteiger charge is -2.05. The summed E-state index contributed by atoms with van der Waals surface area (Å²) in [5.41, 5.74) is -0.390. The van der Waals surface area contributed by atoms with Gasteiger partial charge in [0.2, 0.25) is 11.0 Å². The normalized spacial score (nSPS) is 10.5. The standard InChI is InChI=1S/C16H11F2N5O3S2/c17-9-5-6-12(13(7-9)23(25)26)19-14(24)8-27-16-22-21-15(28-16)20-11-4-2-1-3-10(11)18/h1-7H,8H2,(H,19,24)(H,20,21). The molecular formula is C16H11F2N5O3S2. The van der Waals surface area contributed by atoms with Gasteiger partial charge in [0, 0.05) is 0 Å². The molecule has 28 heavy (non-hydrogen) atoms. The Hall–Kier alpha value is -3.12. The fraction of sp³-hybridized carbons (Fsp3) is 0.0625. The molecule has 2 N–H and O–H groups in total. The predicted octanol–water partition coefficient (Wildman–Crippen LogP) is 4.20. The largest absolute Gasteiger partial charge is 0.328 e. The van der Waals surface area contributed by atoms with Gasteiger partial charge in [-0.2, -0.15) is 0 Å². The van der Waals surface area contributed by atoms with Gasteiger partial charge in [-0.25, -0.2) is 8.78 Å². The van der Waals surface area contributed by atoms with E-state index in [0.717, 1.165) is 41.3 Å². The molecule has 12 heteroatoms. The molecule has 0 saturated heterocycles. The maximum Gasteiger partial charge on any atom is 0.295 e. The molecule has 3 aromatic rings. The number of amides is 1. The minimum absolute atomic E-state index is 0.0944. The van der Waals surface area contributed by atoms with Crippen LogP contribution in [0.3, 0.4) is 0 Å². The molecule has 0 bridgehead atoms. The number of carbonyl (C=O) groups excluding carboxylic acids is 1. The summed E-state index contributed by atoms with van der Waals surface area (Å²) in [6.07, 6.45) is 0. The highest BCUT2D eigenvalue weighted by molar-refractivity contribution is 8.01. The molecule has 1 heterocycles. The summed E-state index contributed by atoms with van der Waals surface area (Å²) >= 11 is 2.18. The van der Waals surface area contributed by atoms with Crippen molar-refractivity contribution in [2.75, 3.05) is 16.4 Å². The molecule has 2 aromatic carbocycles. The number of nitro benzene ring substituents is 1. The zero-order valence-corrected chi connectivity index (χ0v) is 15.5. The Labute approximate surface area is 165 Å². The zero-order valence-electron chi connectivity index (χ0n) is 13.9. The molecule has 0 saturated carbocycles. The van der Waals surface area contributed by atoms with Gasteiger partial charge in [0.05, 0.1) is 22.4 Å². The third kappa shape index (κ3) is 4.98. The van der Waals surface area contributed by atoms with Crippen LogP contribution >= 0.6 is 23.1 Å². The van der Waals surface area contributed by atoms with Crippen molar-refractivity contribution in [1.82, 2.24) is 10.2 Å². The quantitative estimate of drug-likeness (QED) is 0.333. The Kier molecular flexibility index (Phi) is 6.11. The van der Waals surface area contributed by atoms with Crippen molar-refractivity contribution in [3.63, 3.8) is 0 Å². The van der Waals surface area contributed by atoms with Crippen LogP contribution in [0.2, 0.25) is 0 Å². The average molecular weight is 423 g/mol. The fourth-order valence-electron chi connectivity index (χ4n) is 2.07. The Balaban J connectivity index is 1.58. The fourth-order valence-corrected chi connectivity index (χ4v) is 3.64. The summed E-state index contributed by atoms with van der Waals surface area (Å²) in [6.45, 7) is 0. The molecule has 8 nitrogen and oxygen atoms in total. The van der Waals surface area contributed by atoms with Gasteiger partial charge in [-0.15, -0.1) is 10.2 Å². The first kappa shape index (κ1) is 19.6. The lowest BCUT2D eigenvalue weighted by atomic mass is 10.2. The van der Waals surface area contributed by atoms with E-state index in [1.165, 1.54) is 6.07 Å². The van der Waals surface area contributed by atoms with E-state index in [9.17, 15) is 23.7 Å². The first-order valence-electron chi connectivity index (χ1n) is 7.64. The van der Waals surface area contributed by atoms with Gasteiger partial charge < -0.3 is 10.6 Å². The summed E-state index contributed by atoms with van der Waals surface area (Å²) < 4.78 is 27.2. The second kappa shape index (κ2) is 8.71. The van der Waals surface area contributed by atoms with E-state index in [-0.39, 0.29) is 17.1 Å². The van der Waals surface area contributed by atoms with Crippen LogP contribution in [0.25, 0.3) is 0 Å².